The minimum atomic E-state index is -3.81. The maximum absolute atomic E-state index is 13.8. The van der Waals surface area contributed by atoms with Crippen molar-refractivity contribution in [3.63, 3.8) is 0 Å². The second kappa shape index (κ2) is 6.63. The largest absolute Gasteiger partial charge is 0.326 e. The zero-order valence-electron chi connectivity index (χ0n) is 15.3. The van der Waals surface area contributed by atoms with Crippen LogP contribution in [0.1, 0.15) is 18.4 Å². The predicted molar refractivity (Wildman–Crippen MR) is 100 cm³/mol. The molecule has 1 aliphatic heterocycles. The zero-order valence-corrected chi connectivity index (χ0v) is 16.1. The Bertz CT molecular complexity index is 1060. The molecule has 1 N–H and O–H groups in total. The molecule has 1 spiro atoms. The number of anilines is 1. The summed E-state index contributed by atoms with van der Waals surface area (Å²) in [7, 11) is -3.81. The topological polar surface area (TPSA) is 66.5 Å². The monoisotopic (exact) mass is 406 g/mol. The van der Waals surface area contributed by atoms with Crippen LogP contribution in [-0.2, 0) is 14.8 Å². The minimum Gasteiger partial charge on any atom is -0.326 e. The summed E-state index contributed by atoms with van der Waals surface area (Å²) in [5, 5.41) is 2.70. The highest BCUT2D eigenvalue weighted by molar-refractivity contribution is 7.89. The van der Waals surface area contributed by atoms with Crippen LogP contribution in [0.15, 0.2) is 47.4 Å². The van der Waals surface area contributed by atoms with Crippen molar-refractivity contribution in [1.82, 2.24) is 4.31 Å². The van der Waals surface area contributed by atoms with Crippen LogP contribution in [0.3, 0.4) is 0 Å². The van der Waals surface area contributed by atoms with Crippen LogP contribution in [0.4, 0.5) is 14.5 Å². The summed E-state index contributed by atoms with van der Waals surface area (Å²) in [5.41, 5.74) is 0.367. The van der Waals surface area contributed by atoms with E-state index in [4.69, 9.17) is 0 Å². The number of amides is 1. The molecule has 148 valence electrons. The van der Waals surface area contributed by atoms with E-state index in [-0.39, 0.29) is 23.3 Å². The number of carbonyl (C=O) groups is 1. The van der Waals surface area contributed by atoms with E-state index in [9.17, 15) is 22.0 Å². The smallest absolute Gasteiger partial charge is 0.243 e. The van der Waals surface area contributed by atoms with Gasteiger partial charge in [0.15, 0.2) is 0 Å². The first kappa shape index (κ1) is 19.0. The third kappa shape index (κ3) is 3.31. The number of nitrogens with one attached hydrogen (secondary N) is 1. The molecule has 1 saturated heterocycles. The van der Waals surface area contributed by atoms with Gasteiger partial charge < -0.3 is 5.32 Å². The van der Waals surface area contributed by atoms with Crippen molar-refractivity contribution in [3.8, 4) is 0 Å². The van der Waals surface area contributed by atoms with Gasteiger partial charge in [-0.05, 0) is 61.1 Å². The van der Waals surface area contributed by atoms with Gasteiger partial charge in [-0.3, -0.25) is 4.79 Å². The zero-order chi connectivity index (χ0) is 20.1. The van der Waals surface area contributed by atoms with E-state index < -0.39 is 27.1 Å². The first-order valence-corrected chi connectivity index (χ1v) is 10.5. The molecular formula is C20H20F2N2O3S. The fourth-order valence-electron chi connectivity index (χ4n) is 3.91. The summed E-state index contributed by atoms with van der Waals surface area (Å²) in [5.74, 6) is -1.54. The van der Waals surface area contributed by atoms with Crippen LogP contribution in [0, 0.1) is 29.9 Å². The number of rotatable bonds is 4. The molecule has 28 heavy (non-hydrogen) atoms. The van der Waals surface area contributed by atoms with Crippen molar-refractivity contribution in [2.45, 2.75) is 24.7 Å². The van der Waals surface area contributed by atoms with E-state index in [0.717, 1.165) is 6.07 Å². The Morgan fingerprint density at radius 3 is 2.71 bits per heavy atom. The first-order chi connectivity index (χ1) is 13.2. The lowest BCUT2D eigenvalue weighted by atomic mass is 10.0. The van der Waals surface area contributed by atoms with Gasteiger partial charge in [0.2, 0.25) is 15.9 Å². The SMILES string of the molecule is Cc1ccc(S(=O)(=O)N2CC[C@]3(C[C@@H]3C(=O)Nc3cccc(F)c3)C2)cc1F. The molecule has 1 heterocycles. The number of carbonyl (C=O) groups excluding carboxylic acids is 1. The van der Waals surface area contributed by atoms with Crippen molar-refractivity contribution in [3.05, 3.63) is 59.7 Å². The van der Waals surface area contributed by atoms with Crippen LogP contribution in [0.5, 0.6) is 0 Å². The lowest BCUT2D eigenvalue weighted by Crippen LogP contribution is -2.30. The molecule has 2 fully saturated rings. The lowest BCUT2D eigenvalue weighted by Gasteiger charge is -2.17. The van der Waals surface area contributed by atoms with Gasteiger partial charge in [0.25, 0.3) is 0 Å². The predicted octanol–water partition coefficient (Wildman–Crippen LogP) is 3.31. The van der Waals surface area contributed by atoms with Crippen LogP contribution in [-0.4, -0.2) is 31.7 Å². The maximum Gasteiger partial charge on any atom is 0.243 e. The van der Waals surface area contributed by atoms with E-state index in [0.29, 0.717) is 30.6 Å². The summed E-state index contributed by atoms with van der Waals surface area (Å²) in [6.45, 7) is 2.09. The molecule has 2 aromatic rings. The van der Waals surface area contributed by atoms with Crippen molar-refractivity contribution in [2.24, 2.45) is 11.3 Å². The number of halogens is 2. The third-order valence-electron chi connectivity index (χ3n) is 5.73. The highest BCUT2D eigenvalue weighted by Gasteiger charge is 2.62. The molecule has 1 amide bonds. The van der Waals surface area contributed by atoms with E-state index in [1.807, 2.05) is 0 Å². The molecule has 2 atom stereocenters. The fourth-order valence-corrected chi connectivity index (χ4v) is 5.46. The van der Waals surface area contributed by atoms with Crippen molar-refractivity contribution >= 4 is 21.6 Å². The summed E-state index contributed by atoms with van der Waals surface area (Å²) in [6, 6.07) is 9.54. The summed E-state index contributed by atoms with van der Waals surface area (Å²) >= 11 is 0. The lowest BCUT2D eigenvalue weighted by molar-refractivity contribution is -0.118. The molecule has 0 unspecified atom stereocenters. The quantitative estimate of drug-likeness (QED) is 0.847. The molecule has 0 radical (unpaired) electrons. The molecule has 8 heteroatoms. The normalized spacial score (nSPS) is 24.5. The fraction of sp³-hybridized carbons (Fsp3) is 0.350. The molecule has 1 saturated carbocycles. The Morgan fingerprint density at radius 2 is 2.00 bits per heavy atom. The molecule has 2 aromatic carbocycles. The molecule has 0 aromatic heterocycles. The van der Waals surface area contributed by atoms with Crippen LogP contribution in [0.25, 0.3) is 0 Å². The molecule has 1 aliphatic carbocycles. The van der Waals surface area contributed by atoms with Gasteiger partial charge in [-0.1, -0.05) is 12.1 Å². The molecule has 4 rings (SSSR count). The number of sulfonamides is 1. The summed E-state index contributed by atoms with van der Waals surface area (Å²) < 4.78 is 54.1. The third-order valence-corrected chi connectivity index (χ3v) is 7.57. The second-order valence-electron chi connectivity index (χ2n) is 7.62. The van der Waals surface area contributed by atoms with Gasteiger partial charge in [-0.2, -0.15) is 4.31 Å². The van der Waals surface area contributed by atoms with Crippen molar-refractivity contribution in [2.75, 3.05) is 18.4 Å². The Morgan fingerprint density at radius 1 is 1.21 bits per heavy atom. The number of aryl methyl sites for hydroxylation is 1. The van der Waals surface area contributed by atoms with Crippen molar-refractivity contribution < 1.29 is 22.0 Å². The number of nitrogens with zero attached hydrogens (tertiary/aromatic N) is 1. The van der Waals surface area contributed by atoms with E-state index in [1.165, 1.54) is 34.6 Å². The molecular weight excluding hydrogens is 386 g/mol. The Kier molecular flexibility index (Phi) is 4.50. The Hall–Kier alpha value is -2.32. The average Bonchev–Trinajstić information content (AvgIpc) is 3.16. The number of benzene rings is 2. The van der Waals surface area contributed by atoms with Gasteiger partial charge in [0.05, 0.1) is 4.90 Å². The highest BCUT2D eigenvalue weighted by atomic mass is 32.2. The van der Waals surface area contributed by atoms with Crippen LogP contribution >= 0.6 is 0 Å². The van der Waals surface area contributed by atoms with Gasteiger partial charge in [-0.15, -0.1) is 0 Å². The summed E-state index contributed by atoms with van der Waals surface area (Å²) in [4.78, 5) is 12.4. The molecule has 5 nitrogen and oxygen atoms in total. The average molecular weight is 406 g/mol. The Balaban J connectivity index is 1.45. The van der Waals surface area contributed by atoms with E-state index in [1.54, 1.807) is 13.0 Å². The first-order valence-electron chi connectivity index (χ1n) is 9.04. The number of hydrogen-bond acceptors (Lipinski definition) is 3. The van der Waals surface area contributed by atoms with Crippen molar-refractivity contribution in [1.29, 1.82) is 0 Å². The standard InChI is InChI=1S/C20H20F2N2O3S/c1-13-5-6-16(10-18(13)22)28(26,27)24-8-7-20(12-24)11-17(20)19(25)23-15-4-2-3-14(21)9-15/h2-6,9-10,17H,7-8,11-12H2,1H3,(H,23,25)/t17-,20+/m1/s1. The number of hydrogen-bond donors (Lipinski definition) is 1. The molecule has 0 bridgehead atoms. The minimum absolute atomic E-state index is 0.0749. The van der Waals surface area contributed by atoms with Crippen LogP contribution in [0.2, 0.25) is 0 Å². The second-order valence-corrected chi connectivity index (χ2v) is 9.56. The Labute approximate surface area is 162 Å². The van der Waals surface area contributed by atoms with Gasteiger partial charge in [0.1, 0.15) is 11.6 Å². The van der Waals surface area contributed by atoms with Gasteiger partial charge >= 0.3 is 0 Å². The van der Waals surface area contributed by atoms with E-state index in [2.05, 4.69) is 5.32 Å². The van der Waals surface area contributed by atoms with Crippen LogP contribution < -0.4 is 5.32 Å². The molecule has 2 aliphatic rings. The highest BCUT2D eigenvalue weighted by Crippen LogP contribution is 2.59. The van der Waals surface area contributed by atoms with Gasteiger partial charge in [0, 0.05) is 24.7 Å². The summed E-state index contributed by atoms with van der Waals surface area (Å²) in [6.07, 6.45) is 1.16. The van der Waals surface area contributed by atoms with E-state index >= 15 is 0 Å². The maximum atomic E-state index is 13.8. The van der Waals surface area contributed by atoms with Gasteiger partial charge in [-0.25, -0.2) is 17.2 Å².